The van der Waals surface area contributed by atoms with E-state index in [9.17, 15) is 4.79 Å². The average Bonchev–Trinajstić information content (AvgIpc) is 2.75. The van der Waals surface area contributed by atoms with Gasteiger partial charge in [0.15, 0.2) is 5.96 Å². The molecular weight excluding hydrogens is 459 g/mol. The highest BCUT2D eigenvalue weighted by atomic mass is 127. The third-order valence-corrected chi connectivity index (χ3v) is 3.72. The van der Waals surface area contributed by atoms with Crippen molar-refractivity contribution >= 4 is 36.0 Å². The van der Waals surface area contributed by atoms with Crippen LogP contribution in [0.3, 0.4) is 0 Å². The third kappa shape index (κ3) is 9.83. The molecule has 9 heteroatoms. The van der Waals surface area contributed by atoms with Crippen LogP contribution in [0.5, 0.6) is 0 Å². The number of alkyl carbamates (subject to hydrolysis) is 1. The number of aryl methyl sites for hydroxylation is 2. The molecular formula is C18H35IN6O2. The summed E-state index contributed by atoms with van der Waals surface area (Å²) in [5.74, 6) is 0.734. The number of aliphatic imine (C=N–C) groups is 1. The lowest BCUT2D eigenvalue weighted by atomic mass is 10.1. The maximum absolute atomic E-state index is 11.6. The molecule has 0 aliphatic heterocycles. The Morgan fingerprint density at radius 2 is 1.81 bits per heavy atom. The number of aromatic nitrogens is 2. The smallest absolute Gasteiger partial charge is 0.407 e. The molecule has 3 N–H and O–H groups in total. The predicted octanol–water partition coefficient (Wildman–Crippen LogP) is 2.28. The van der Waals surface area contributed by atoms with Gasteiger partial charge < -0.3 is 20.7 Å². The van der Waals surface area contributed by atoms with Crippen LogP contribution in [0.1, 0.15) is 44.6 Å². The van der Waals surface area contributed by atoms with Gasteiger partial charge in [-0.25, -0.2) is 4.79 Å². The first-order valence-corrected chi connectivity index (χ1v) is 9.12. The van der Waals surface area contributed by atoms with Gasteiger partial charge in [0.1, 0.15) is 5.60 Å². The van der Waals surface area contributed by atoms with E-state index in [2.05, 4.69) is 33.0 Å². The van der Waals surface area contributed by atoms with Crippen LogP contribution in [0.15, 0.2) is 4.99 Å². The van der Waals surface area contributed by atoms with E-state index in [1.54, 1.807) is 0 Å². The molecule has 1 aromatic rings. The molecule has 0 saturated carbocycles. The monoisotopic (exact) mass is 494 g/mol. The fourth-order valence-electron chi connectivity index (χ4n) is 2.46. The van der Waals surface area contributed by atoms with E-state index in [0.717, 1.165) is 24.6 Å². The number of carbonyl (C=O) groups is 1. The van der Waals surface area contributed by atoms with Crippen molar-refractivity contribution in [3.8, 4) is 0 Å². The van der Waals surface area contributed by atoms with Crippen molar-refractivity contribution in [1.29, 1.82) is 0 Å². The highest BCUT2D eigenvalue weighted by molar-refractivity contribution is 14.0. The molecule has 0 spiro atoms. The first-order chi connectivity index (χ1) is 12.1. The van der Waals surface area contributed by atoms with Gasteiger partial charge in [0.05, 0.1) is 5.69 Å². The minimum Gasteiger partial charge on any atom is -0.444 e. The minimum absolute atomic E-state index is 0. The molecule has 0 bridgehead atoms. The molecule has 0 atom stereocenters. The van der Waals surface area contributed by atoms with Crippen molar-refractivity contribution in [1.82, 2.24) is 25.7 Å². The molecule has 0 unspecified atom stereocenters. The van der Waals surface area contributed by atoms with Gasteiger partial charge in [0, 0.05) is 38.9 Å². The molecule has 156 valence electrons. The summed E-state index contributed by atoms with van der Waals surface area (Å²) >= 11 is 0. The van der Waals surface area contributed by atoms with Crippen LogP contribution in [0.2, 0.25) is 0 Å². The Hall–Kier alpha value is -1.52. The largest absolute Gasteiger partial charge is 0.444 e. The van der Waals surface area contributed by atoms with Gasteiger partial charge in [-0.2, -0.15) is 5.10 Å². The van der Waals surface area contributed by atoms with Crippen LogP contribution in [0.25, 0.3) is 0 Å². The number of hydrogen-bond donors (Lipinski definition) is 3. The fraction of sp³-hybridized carbons (Fsp3) is 0.722. The second-order valence-electron chi connectivity index (χ2n) is 7.14. The number of ether oxygens (including phenoxy) is 1. The molecule has 1 heterocycles. The second-order valence-corrected chi connectivity index (χ2v) is 7.14. The van der Waals surface area contributed by atoms with E-state index < -0.39 is 11.7 Å². The molecule has 1 rings (SSSR count). The molecule has 27 heavy (non-hydrogen) atoms. The number of halogens is 1. The lowest BCUT2D eigenvalue weighted by Crippen LogP contribution is -2.42. The number of hydrogen-bond acceptors (Lipinski definition) is 4. The quantitative estimate of drug-likeness (QED) is 0.234. The Balaban J connectivity index is 0.00000676. The Bertz CT molecular complexity index is 622. The van der Waals surface area contributed by atoms with Gasteiger partial charge in [-0.1, -0.05) is 0 Å². The standard InChI is InChI=1S/C18H34N6O2.HI/c1-8-19-16(21-11-12-22-17(25)26-18(4,5)6)20-10-9-15-13(2)23-24(7)14(15)3;/h8-12H2,1-7H3,(H,22,25)(H2,19,20,21);1H. The Kier molecular flexibility index (Phi) is 11.4. The van der Waals surface area contributed by atoms with Gasteiger partial charge in [-0.3, -0.25) is 9.67 Å². The summed E-state index contributed by atoms with van der Waals surface area (Å²) in [6, 6.07) is 0. The fourth-order valence-corrected chi connectivity index (χ4v) is 2.46. The molecule has 1 aromatic heterocycles. The molecule has 0 saturated heterocycles. The Labute approximate surface area is 179 Å². The zero-order valence-electron chi connectivity index (χ0n) is 17.6. The predicted molar refractivity (Wildman–Crippen MR) is 120 cm³/mol. The Morgan fingerprint density at radius 3 is 2.33 bits per heavy atom. The van der Waals surface area contributed by atoms with Crippen LogP contribution >= 0.6 is 24.0 Å². The molecule has 1 amide bonds. The van der Waals surface area contributed by atoms with Gasteiger partial charge >= 0.3 is 6.09 Å². The van der Waals surface area contributed by atoms with E-state index >= 15 is 0 Å². The van der Waals surface area contributed by atoms with Crippen LogP contribution in [0, 0.1) is 13.8 Å². The second kappa shape index (κ2) is 12.0. The summed E-state index contributed by atoms with van der Waals surface area (Å²) in [6.45, 7) is 14.1. The van der Waals surface area contributed by atoms with Crippen molar-refractivity contribution in [3.63, 3.8) is 0 Å². The summed E-state index contributed by atoms with van der Waals surface area (Å²) in [7, 11) is 1.96. The maximum atomic E-state index is 11.6. The molecule has 0 aromatic carbocycles. The Morgan fingerprint density at radius 1 is 1.19 bits per heavy atom. The van der Waals surface area contributed by atoms with Crippen molar-refractivity contribution < 1.29 is 9.53 Å². The molecule has 0 radical (unpaired) electrons. The van der Waals surface area contributed by atoms with Crippen LogP contribution in [0.4, 0.5) is 4.79 Å². The van der Waals surface area contributed by atoms with Gasteiger partial charge in [0.25, 0.3) is 0 Å². The lowest BCUT2D eigenvalue weighted by Gasteiger charge is -2.19. The molecule has 8 nitrogen and oxygen atoms in total. The summed E-state index contributed by atoms with van der Waals surface area (Å²) < 4.78 is 7.10. The normalized spacial score (nSPS) is 11.6. The van der Waals surface area contributed by atoms with Crippen molar-refractivity contribution in [2.45, 2.75) is 53.6 Å². The SMILES string of the molecule is CCNC(=NCCc1c(C)nn(C)c1C)NCCNC(=O)OC(C)(C)C.I. The minimum atomic E-state index is -0.490. The number of nitrogens with one attached hydrogen (secondary N) is 3. The van der Waals surface area contributed by atoms with Gasteiger partial charge in [-0.05, 0) is 53.5 Å². The van der Waals surface area contributed by atoms with E-state index in [0.29, 0.717) is 19.6 Å². The first kappa shape index (κ1) is 25.5. The van der Waals surface area contributed by atoms with Crippen molar-refractivity contribution in [2.24, 2.45) is 12.0 Å². The molecule has 0 aliphatic carbocycles. The van der Waals surface area contributed by atoms with E-state index in [1.165, 1.54) is 11.3 Å². The van der Waals surface area contributed by atoms with E-state index in [1.807, 2.05) is 46.3 Å². The van der Waals surface area contributed by atoms with Crippen molar-refractivity contribution in [3.05, 3.63) is 17.0 Å². The number of nitrogens with zero attached hydrogens (tertiary/aromatic N) is 3. The first-order valence-electron chi connectivity index (χ1n) is 9.12. The topological polar surface area (TPSA) is 92.6 Å². The van der Waals surface area contributed by atoms with Crippen molar-refractivity contribution in [2.75, 3.05) is 26.2 Å². The third-order valence-electron chi connectivity index (χ3n) is 3.72. The number of carbonyl (C=O) groups excluding carboxylic acids is 1. The average molecular weight is 494 g/mol. The maximum Gasteiger partial charge on any atom is 0.407 e. The van der Waals surface area contributed by atoms with Crippen LogP contribution < -0.4 is 16.0 Å². The number of rotatable bonds is 7. The van der Waals surface area contributed by atoms with Crippen LogP contribution in [-0.4, -0.2) is 53.6 Å². The number of amides is 1. The summed E-state index contributed by atoms with van der Waals surface area (Å²) in [5, 5.41) is 13.6. The lowest BCUT2D eigenvalue weighted by molar-refractivity contribution is 0.0529. The highest BCUT2D eigenvalue weighted by Crippen LogP contribution is 2.12. The molecule has 0 aliphatic rings. The number of guanidine groups is 1. The van der Waals surface area contributed by atoms with E-state index in [4.69, 9.17) is 4.74 Å². The zero-order chi connectivity index (χ0) is 19.7. The van der Waals surface area contributed by atoms with Gasteiger partial charge in [-0.15, -0.1) is 24.0 Å². The summed E-state index contributed by atoms with van der Waals surface area (Å²) in [6.07, 6.45) is 0.432. The molecule has 0 fully saturated rings. The van der Waals surface area contributed by atoms with E-state index in [-0.39, 0.29) is 24.0 Å². The van der Waals surface area contributed by atoms with Gasteiger partial charge in [0.2, 0.25) is 0 Å². The van der Waals surface area contributed by atoms with Crippen LogP contribution in [-0.2, 0) is 18.2 Å². The summed E-state index contributed by atoms with van der Waals surface area (Å²) in [5.41, 5.74) is 2.99. The summed E-state index contributed by atoms with van der Waals surface area (Å²) in [4.78, 5) is 16.2. The highest BCUT2D eigenvalue weighted by Gasteiger charge is 2.15. The zero-order valence-corrected chi connectivity index (χ0v) is 19.9.